The van der Waals surface area contributed by atoms with Crippen molar-refractivity contribution < 1.29 is 0 Å². The first-order valence-electron chi connectivity index (χ1n) is 6.80. The zero-order valence-electron chi connectivity index (χ0n) is 11.6. The molecule has 0 aromatic carbocycles. The molecule has 0 spiro atoms. The number of aromatic amines is 2. The third-order valence-electron chi connectivity index (χ3n) is 3.34. The Morgan fingerprint density at radius 1 is 1.19 bits per heavy atom. The second-order valence-corrected chi connectivity index (χ2v) is 4.71. The smallest absolute Gasteiger partial charge is 0.330 e. The van der Waals surface area contributed by atoms with Crippen LogP contribution < -0.4 is 11.2 Å². The van der Waals surface area contributed by atoms with Gasteiger partial charge in [-0.05, 0) is 25.5 Å². The molecule has 0 amide bonds. The number of hydrogen-bond acceptors (Lipinski definition) is 4. The fourth-order valence-electron chi connectivity index (χ4n) is 2.29. The molecule has 7 nitrogen and oxygen atoms in total. The number of rotatable bonds is 4. The molecule has 0 aliphatic rings. The Bertz CT molecular complexity index is 876. The van der Waals surface area contributed by atoms with E-state index in [0.717, 1.165) is 12.1 Å². The van der Waals surface area contributed by atoms with Gasteiger partial charge in [0.2, 0.25) is 0 Å². The normalized spacial score (nSPS) is 11.1. The van der Waals surface area contributed by atoms with Crippen molar-refractivity contribution in [3.63, 3.8) is 0 Å². The molecule has 3 rings (SSSR count). The van der Waals surface area contributed by atoms with Gasteiger partial charge in [0, 0.05) is 24.9 Å². The summed E-state index contributed by atoms with van der Waals surface area (Å²) in [4.78, 5) is 37.4. The van der Waals surface area contributed by atoms with Gasteiger partial charge in [-0.2, -0.15) is 0 Å². The average Bonchev–Trinajstić information content (AvgIpc) is 2.91. The maximum Gasteiger partial charge on any atom is 0.330 e. The van der Waals surface area contributed by atoms with Gasteiger partial charge in [-0.3, -0.25) is 19.3 Å². The third kappa shape index (κ3) is 2.49. The molecule has 108 valence electrons. The molecule has 2 N–H and O–H groups in total. The molecule has 0 atom stereocenters. The van der Waals surface area contributed by atoms with Gasteiger partial charge >= 0.3 is 5.69 Å². The van der Waals surface area contributed by atoms with Crippen molar-refractivity contribution in [1.29, 1.82) is 0 Å². The molecule has 0 bridgehead atoms. The fourth-order valence-corrected chi connectivity index (χ4v) is 2.29. The summed E-state index contributed by atoms with van der Waals surface area (Å²) in [5.41, 5.74) is 0.837. The van der Waals surface area contributed by atoms with E-state index in [1.807, 2.05) is 25.1 Å². The molecule has 7 heteroatoms. The lowest BCUT2D eigenvalue weighted by molar-refractivity contribution is 0.718. The summed E-state index contributed by atoms with van der Waals surface area (Å²) in [6.07, 6.45) is 3.09. The van der Waals surface area contributed by atoms with Crippen molar-refractivity contribution >= 4 is 11.2 Å². The molecule has 0 aliphatic heterocycles. The first kappa shape index (κ1) is 13.3. The summed E-state index contributed by atoms with van der Waals surface area (Å²) < 4.78 is 1.44. The van der Waals surface area contributed by atoms with Crippen molar-refractivity contribution in [1.82, 2.24) is 24.5 Å². The van der Waals surface area contributed by atoms with E-state index in [9.17, 15) is 9.59 Å². The highest BCUT2D eigenvalue weighted by molar-refractivity contribution is 5.69. The van der Waals surface area contributed by atoms with Gasteiger partial charge in [0.15, 0.2) is 5.65 Å². The summed E-state index contributed by atoms with van der Waals surface area (Å²) in [6, 6.07) is 5.74. The van der Waals surface area contributed by atoms with Crippen LogP contribution in [0.3, 0.4) is 0 Å². The van der Waals surface area contributed by atoms with Crippen molar-refractivity contribution in [2.24, 2.45) is 0 Å². The Hall–Kier alpha value is -2.70. The number of nitrogens with zero attached hydrogens (tertiary/aromatic N) is 3. The van der Waals surface area contributed by atoms with E-state index in [2.05, 4.69) is 19.9 Å². The molecule has 21 heavy (non-hydrogen) atoms. The Kier molecular flexibility index (Phi) is 3.39. The molecule has 3 aromatic rings. The van der Waals surface area contributed by atoms with E-state index in [1.165, 1.54) is 4.57 Å². The van der Waals surface area contributed by atoms with E-state index < -0.39 is 11.2 Å². The monoisotopic (exact) mass is 285 g/mol. The Labute approximate surface area is 119 Å². The van der Waals surface area contributed by atoms with Gasteiger partial charge < -0.3 is 4.98 Å². The standard InChI is InChI=1S/C14H15N5O2/c1-2-19-12-11(13(20)18-14(19)21)16-10(17-12)7-6-9-5-3-4-8-15-9/h3-5,8H,2,6-7H2,1H3,(H,16,17)(H,18,20,21). The van der Waals surface area contributed by atoms with Crippen LogP contribution in [0.4, 0.5) is 0 Å². The van der Waals surface area contributed by atoms with Crippen LogP contribution >= 0.6 is 0 Å². The van der Waals surface area contributed by atoms with Crippen LogP contribution in [0, 0.1) is 0 Å². The van der Waals surface area contributed by atoms with E-state index in [1.54, 1.807) is 6.20 Å². The van der Waals surface area contributed by atoms with Gasteiger partial charge in [0.25, 0.3) is 5.56 Å². The zero-order chi connectivity index (χ0) is 14.8. The molecular weight excluding hydrogens is 270 g/mol. The molecule has 0 saturated heterocycles. The predicted molar refractivity (Wildman–Crippen MR) is 78.3 cm³/mol. The largest absolute Gasteiger partial charge is 0.336 e. The molecule has 0 fully saturated rings. The third-order valence-corrected chi connectivity index (χ3v) is 3.34. The van der Waals surface area contributed by atoms with Gasteiger partial charge in [-0.25, -0.2) is 9.78 Å². The lowest BCUT2D eigenvalue weighted by atomic mass is 10.2. The number of nitrogens with one attached hydrogen (secondary N) is 2. The minimum Gasteiger partial charge on any atom is -0.336 e. The minimum atomic E-state index is -0.434. The molecule has 0 radical (unpaired) electrons. The average molecular weight is 285 g/mol. The molecule has 3 aromatic heterocycles. The highest BCUT2D eigenvalue weighted by Crippen LogP contribution is 2.07. The van der Waals surface area contributed by atoms with E-state index >= 15 is 0 Å². The summed E-state index contributed by atoms with van der Waals surface area (Å²) in [5, 5.41) is 0. The lowest BCUT2D eigenvalue weighted by Gasteiger charge is -1.99. The minimum absolute atomic E-state index is 0.340. The Balaban J connectivity index is 1.96. The second-order valence-electron chi connectivity index (χ2n) is 4.71. The molecule has 0 saturated carbocycles. The van der Waals surface area contributed by atoms with E-state index in [-0.39, 0.29) is 0 Å². The summed E-state index contributed by atoms with van der Waals surface area (Å²) in [6.45, 7) is 2.29. The first-order chi connectivity index (χ1) is 10.2. The van der Waals surface area contributed by atoms with Gasteiger partial charge in [0.05, 0.1) is 0 Å². The molecule has 0 unspecified atom stereocenters. The fraction of sp³-hybridized carbons (Fsp3) is 0.286. The predicted octanol–water partition coefficient (Wildman–Crippen LogP) is 0.613. The number of aromatic nitrogens is 5. The highest BCUT2D eigenvalue weighted by Gasteiger charge is 2.11. The van der Waals surface area contributed by atoms with Crippen LogP contribution in [0.2, 0.25) is 0 Å². The SMILES string of the molecule is CCn1c(=O)[nH]c(=O)c2[nH]c(CCc3ccccn3)nc21. The van der Waals surface area contributed by atoms with Crippen LogP contribution in [0.5, 0.6) is 0 Å². The van der Waals surface area contributed by atoms with Crippen LogP contribution in [-0.4, -0.2) is 24.5 Å². The number of pyridine rings is 1. The molecular formula is C14H15N5O2. The van der Waals surface area contributed by atoms with Crippen LogP contribution in [-0.2, 0) is 19.4 Å². The number of H-pyrrole nitrogens is 2. The molecule has 0 aliphatic carbocycles. The maximum atomic E-state index is 11.8. The summed E-state index contributed by atoms with van der Waals surface area (Å²) >= 11 is 0. The number of hydrogen-bond donors (Lipinski definition) is 2. The number of fused-ring (bicyclic) bond motifs is 1. The van der Waals surface area contributed by atoms with E-state index in [4.69, 9.17) is 0 Å². The summed E-state index contributed by atoms with van der Waals surface area (Å²) in [7, 11) is 0. The topological polar surface area (TPSA) is 96.4 Å². The van der Waals surface area contributed by atoms with Gasteiger partial charge in [0.1, 0.15) is 11.3 Å². The van der Waals surface area contributed by atoms with Crippen molar-refractivity contribution in [3.05, 3.63) is 56.8 Å². The van der Waals surface area contributed by atoms with Crippen molar-refractivity contribution in [2.45, 2.75) is 26.3 Å². The highest BCUT2D eigenvalue weighted by atomic mass is 16.2. The number of aryl methyl sites for hydroxylation is 3. The Morgan fingerprint density at radius 2 is 2.05 bits per heavy atom. The zero-order valence-corrected chi connectivity index (χ0v) is 11.6. The Morgan fingerprint density at radius 3 is 2.76 bits per heavy atom. The van der Waals surface area contributed by atoms with Gasteiger partial charge in [-0.1, -0.05) is 6.07 Å². The number of imidazole rings is 1. The van der Waals surface area contributed by atoms with Crippen molar-refractivity contribution in [3.8, 4) is 0 Å². The maximum absolute atomic E-state index is 11.8. The van der Waals surface area contributed by atoms with Crippen LogP contribution in [0.25, 0.3) is 11.2 Å². The van der Waals surface area contributed by atoms with Gasteiger partial charge in [-0.15, -0.1) is 0 Å². The van der Waals surface area contributed by atoms with Crippen LogP contribution in [0.15, 0.2) is 34.0 Å². The van der Waals surface area contributed by atoms with E-state index in [0.29, 0.717) is 30.0 Å². The second kappa shape index (κ2) is 5.35. The summed E-state index contributed by atoms with van der Waals surface area (Å²) in [5.74, 6) is 0.675. The van der Waals surface area contributed by atoms with Crippen molar-refractivity contribution in [2.75, 3.05) is 0 Å². The molecule has 3 heterocycles. The van der Waals surface area contributed by atoms with Crippen LogP contribution in [0.1, 0.15) is 18.4 Å². The first-order valence-corrected chi connectivity index (χ1v) is 6.80. The lowest BCUT2D eigenvalue weighted by Crippen LogP contribution is -2.29. The quantitative estimate of drug-likeness (QED) is 0.734.